The minimum absolute atomic E-state index is 0.0236. The van der Waals surface area contributed by atoms with Crippen LogP contribution in [0.25, 0.3) is 6.08 Å². The highest BCUT2D eigenvalue weighted by Crippen LogP contribution is 2.42. The summed E-state index contributed by atoms with van der Waals surface area (Å²) in [5.74, 6) is 1.24. The van der Waals surface area contributed by atoms with Crippen LogP contribution in [-0.2, 0) is 9.53 Å². The Morgan fingerprint density at radius 3 is 1.91 bits per heavy atom. The molecule has 0 aliphatic carbocycles. The molecule has 1 heterocycles. The van der Waals surface area contributed by atoms with Crippen molar-refractivity contribution in [2.24, 2.45) is 0 Å². The first-order valence-corrected chi connectivity index (χ1v) is 7.80. The van der Waals surface area contributed by atoms with Crippen LogP contribution < -0.4 is 9.47 Å². The van der Waals surface area contributed by atoms with E-state index < -0.39 is 11.2 Å². The van der Waals surface area contributed by atoms with Crippen molar-refractivity contribution in [3.63, 3.8) is 0 Å². The number of benzene rings is 1. The SMILES string of the molecule is COc1cc(Br)cc(OC)c1C=C1C(=O)C(C)(C)OC1(C)C. The van der Waals surface area contributed by atoms with E-state index in [1.165, 1.54) is 0 Å². The van der Waals surface area contributed by atoms with Crippen LogP contribution in [0.5, 0.6) is 11.5 Å². The van der Waals surface area contributed by atoms with Gasteiger partial charge in [-0.15, -0.1) is 0 Å². The number of Topliss-reactive ketones (excluding diaryl/α,β-unsaturated/α-hetero) is 1. The van der Waals surface area contributed by atoms with Crippen LogP contribution in [0, 0.1) is 0 Å². The number of hydrogen-bond acceptors (Lipinski definition) is 4. The molecule has 2 rings (SSSR count). The first kappa shape index (κ1) is 17.0. The van der Waals surface area contributed by atoms with Gasteiger partial charge in [-0.1, -0.05) is 15.9 Å². The minimum Gasteiger partial charge on any atom is -0.496 e. The van der Waals surface area contributed by atoms with Crippen LogP contribution >= 0.6 is 15.9 Å². The van der Waals surface area contributed by atoms with E-state index in [2.05, 4.69) is 15.9 Å². The summed E-state index contributed by atoms with van der Waals surface area (Å²) in [6.45, 7) is 7.36. The van der Waals surface area contributed by atoms with Crippen molar-refractivity contribution >= 4 is 27.8 Å². The summed E-state index contributed by atoms with van der Waals surface area (Å²) in [5, 5.41) is 0. The maximum atomic E-state index is 12.6. The summed E-state index contributed by atoms with van der Waals surface area (Å²) in [4.78, 5) is 12.6. The van der Waals surface area contributed by atoms with Crippen molar-refractivity contribution in [1.82, 2.24) is 0 Å². The molecule has 1 aromatic carbocycles. The number of methoxy groups -OCH3 is 2. The van der Waals surface area contributed by atoms with Gasteiger partial charge in [0.15, 0.2) is 5.78 Å². The van der Waals surface area contributed by atoms with E-state index in [9.17, 15) is 4.79 Å². The van der Waals surface area contributed by atoms with Crippen LogP contribution in [0.2, 0.25) is 0 Å². The molecule has 0 spiro atoms. The molecule has 1 aromatic rings. The van der Waals surface area contributed by atoms with Gasteiger partial charge in [0, 0.05) is 10.0 Å². The van der Waals surface area contributed by atoms with Crippen LogP contribution in [0.4, 0.5) is 0 Å². The maximum absolute atomic E-state index is 12.6. The van der Waals surface area contributed by atoms with Crippen molar-refractivity contribution in [3.8, 4) is 11.5 Å². The van der Waals surface area contributed by atoms with E-state index in [1.54, 1.807) is 34.1 Å². The fourth-order valence-corrected chi connectivity index (χ4v) is 3.19. The number of rotatable bonds is 3. The normalized spacial score (nSPS) is 21.2. The third-order valence-corrected chi connectivity index (χ3v) is 4.21. The highest BCUT2D eigenvalue weighted by Gasteiger charge is 2.49. The summed E-state index contributed by atoms with van der Waals surface area (Å²) in [7, 11) is 3.18. The lowest BCUT2D eigenvalue weighted by Crippen LogP contribution is -2.29. The first-order chi connectivity index (χ1) is 10.1. The summed E-state index contributed by atoms with van der Waals surface area (Å²) in [6.07, 6.45) is 1.81. The predicted molar refractivity (Wildman–Crippen MR) is 89.5 cm³/mol. The predicted octanol–water partition coefficient (Wildman–Crippen LogP) is 4.01. The van der Waals surface area contributed by atoms with Gasteiger partial charge in [0.1, 0.15) is 17.1 Å². The molecule has 0 amide bonds. The average Bonchev–Trinajstić information content (AvgIpc) is 2.57. The molecule has 0 radical (unpaired) electrons. The largest absolute Gasteiger partial charge is 0.496 e. The molecule has 0 unspecified atom stereocenters. The Balaban J connectivity index is 2.65. The second-order valence-electron chi connectivity index (χ2n) is 6.23. The number of halogens is 1. The molecule has 22 heavy (non-hydrogen) atoms. The fraction of sp³-hybridized carbons (Fsp3) is 0.471. The van der Waals surface area contributed by atoms with Crippen LogP contribution in [0.3, 0.4) is 0 Å². The summed E-state index contributed by atoms with van der Waals surface area (Å²) < 4.78 is 17.6. The molecular formula is C17H21BrO4. The van der Waals surface area contributed by atoms with Gasteiger partial charge in [0.05, 0.1) is 25.4 Å². The van der Waals surface area contributed by atoms with Crippen LogP contribution in [-0.4, -0.2) is 31.2 Å². The number of hydrogen-bond donors (Lipinski definition) is 0. The molecule has 0 atom stereocenters. The number of ether oxygens (including phenoxy) is 3. The third kappa shape index (κ3) is 2.92. The molecular weight excluding hydrogens is 348 g/mol. The summed E-state index contributed by atoms with van der Waals surface area (Å²) in [5.41, 5.74) is -0.156. The lowest BCUT2D eigenvalue weighted by Gasteiger charge is -2.22. The highest BCUT2D eigenvalue weighted by molar-refractivity contribution is 9.10. The molecule has 1 fully saturated rings. The molecule has 0 bridgehead atoms. The van der Waals surface area contributed by atoms with E-state index >= 15 is 0 Å². The Labute approximate surface area is 139 Å². The molecule has 1 aliphatic rings. The van der Waals surface area contributed by atoms with Crippen molar-refractivity contribution in [1.29, 1.82) is 0 Å². The number of ketones is 1. The monoisotopic (exact) mass is 368 g/mol. The molecule has 1 aliphatic heterocycles. The zero-order chi connectivity index (χ0) is 16.7. The maximum Gasteiger partial charge on any atom is 0.192 e. The molecule has 0 aromatic heterocycles. The van der Waals surface area contributed by atoms with Crippen molar-refractivity contribution in [3.05, 3.63) is 27.7 Å². The summed E-state index contributed by atoms with van der Waals surface area (Å²) >= 11 is 3.42. The van der Waals surface area contributed by atoms with Crippen molar-refractivity contribution in [2.75, 3.05) is 14.2 Å². The smallest absolute Gasteiger partial charge is 0.192 e. The van der Waals surface area contributed by atoms with Gasteiger partial charge in [0.2, 0.25) is 0 Å². The fourth-order valence-electron chi connectivity index (χ4n) is 2.77. The Kier molecular flexibility index (Phi) is 4.42. The Hall–Kier alpha value is -1.33. The van der Waals surface area contributed by atoms with Crippen molar-refractivity contribution < 1.29 is 19.0 Å². The van der Waals surface area contributed by atoms with Gasteiger partial charge >= 0.3 is 0 Å². The summed E-state index contributed by atoms with van der Waals surface area (Å²) in [6, 6.07) is 3.68. The van der Waals surface area contributed by atoms with Crippen LogP contribution in [0.1, 0.15) is 33.3 Å². The van der Waals surface area contributed by atoms with E-state index in [0.29, 0.717) is 17.1 Å². The van der Waals surface area contributed by atoms with Gasteiger partial charge in [-0.25, -0.2) is 0 Å². The van der Waals surface area contributed by atoms with E-state index in [0.717, 1.165) is 10.0 Å². The lowest BCUT2D eigenvalue weighted by molar-refractivity contribution is -0.132. The highest BCUT2D eigenvalue weighted by atomic mass is 79.9. The minimum atomic E-state index is -0.828. The van der Waals surface area contributed by atoms with Gasteiger partial charge in [0.25, 0.3) is 0 Å². The zero-order valence-corrected chi connectivity index (χ0v) is 15.3. The second-order valence-corrected chi connectivity index (χ2v) is 7.15. The van der Waals surface area contributed by atoms with E-state index in [4.69, 9.17) is 14.2 Å². The molecule has 1 saturated heterocycles. The van der Waals surface area contributed by atoms with E-state index in [1.807, 2.05) is 26.0 Å². The molecule has 5 heteroatoms. The molecule has 4 nitrogen and oxygen atoms in total. The lowest BCUT2D eigenvalue weighted by atomic mass is 9.90. The quantitative estimate of drug-likeness (QED) is 0.756. The Morgan fingerprint density at radius 2 is 1.55 bits per heavy atom. The standard InChI is InChI=1S/C17H21BrO4/c1-16(2)12(15(19)17(3,4)22-16)9-11-13(20-5)7-10(18)8-14(11)21-6/h7-9H,1-6H3. The van der Waals surface area contributed by atoms with Crippen molar-refractivity contribution in [2.45, 2.75) is 38.9 Å². The topological polar surface area (TPSA) is 44.8 Å². The van der Waals surface area contributed by atoms with Crippen LogP contribution in [0.15, 0.2) is 22.2 Å². The molecule has 0 N–H and O–H groups in total. The number of carbonyl (C=O) groups excluding carboxylic acids is 1. The Bertz CT molecular complexity index is 619. The van der Waals surface area contributed by atoms with E-state index in [-0.39, 0.29) is 5.78 Å². The van der Waals surface area contributed by atoms with Gasteiger partial charge < -0.3 is 14.2 Å². The first-order valence-electron chi connectivity index (χ1n) is 7.01. The average molecular weight is 369 g/mol. The Morgan fingerprint density at radius 1 is 1.05 bits per heavy atom. The number of carbonyl (C=O) groups is 1. The zero-order valence-electron chi connectivity index (χ0n) is 13.7. The third-order valence-electron chi connectivity index (χ3n) is 3.75. The van der Waals surface area contributed by atoms with Gasteiger partial charge in [-0.05, 0) is 45.9 Å². The molecule has 0 saturated carbocycles. The molecule has 120 valence electrons. The second kappa shape index (κ2) is 5.70. The van der Waals surface area contributed by atoms with Gasteiger partial charge in [-0.2, -0.15) is 0 Å². The van der Waals surface area contributed by atoms with Gasteiger partial charge in [-0.3, -0.25) is 4.79 Å².